The van der Waals surface area contributed by atoms with Gasteiger partial charge in [-0.15, -0.1) is 0 Å². The fraction of sp³-hybridized carbons (Fsp3) is 0.452. The first-order valence-corrected chi connectivity index (χ1v) is 18.5. The van der Waals surface area contributed by atoms with E-state index in [0.717, 1.165) is 39.8 Å². The zero-order valence-corrected chi connectivity index (χ0v) is 26.4. The third kappa shape index (κ3) is 2.53. The van der Waals surface area contributed by atoms with Crippen molar-refractivity contribution in [2.75, 3.05) is 0 Å². The Kier molecular flexibility index (Phi) is 3.86. The molecule has 8 aliphatic rings. The molecule has 5 aromatic heterocycles. The van der Waals surface area contributed by atoms with Crippen molar-refractivity contribution in [3.05, 3.63) is 75.7 Å². The fourth-order valence-electron chi connectivity index (χ4n) is 14.4. The number of nitrogens with zero attached hydrogens (tertiary/aromatic N) is 3. The molecule has 5 fully saturated rings. The van der Waals surface area contributed by atoms with E-state index in [-0.39, 0.29) is 5.63 Å². The van der Waals surface area contributed by atoms with Crippen LogP contribution in [0.2, 0.25) is 0 Å². The van der Waals surface area contributed by atoms with Crippen LogP contribution in [-0.4, -0.2) is 14.4 Å². The minimum absolute atomic E-state index is 0.217. The molecule has 5 heterocycles. The highest BCUT2D eigenvalue weighted by Crippen LogP contribution is 2.76. The average molecular weight is 614 g/mol. The van der Waals surface area contributed by atoms with Crippen molar-refractivity contribution >= 4 is 59.8 Å². The maximum atomic E-state index is 14.1. The summed E-state index contributed by atoms with van der Waals surface area (Å²) in [7, 11) is 0. The lowest BCUT2D eigenvalue weighted by molar-refractivity contribution is 0.00321. The standard InChI is InChI=1S/C42H35N3O2/c46-41-28-13-27-35-29(16-44-39-23-11-25-12-24-10-22(33(35)39)14-42(24,25)15-23)45-30-17-43-38-21-8-18-5-19(9-21)7-20(6-18)32(38)36(30)37(40(27)45)34(28)26-3-1-2-4-31(26)47-41/h1-4,13,16-25H,5-12,14-15H2. The molecule has 7 atom stereocenters. The summed E-state index contributed by atoms with van der Waals surface area (Å²) in [5.74, 6) is 5.71. The third-order valence-electron chi connectivity index (χ3n) is 15.7. The molecular formula is C42H35N3O2. The molecular weight excluding hydrogens is 578 g/mol. The first-order chi connectivity index (χ1) is 23.1. The molecule has 0 radical (unpaired) electrons. The number of benzene rings is 2. The summed E-state index contributed by atoms with van der Waals surface area (Å²) in [4.78, 5) is 25.0. The normalized spacial score (nSPS) is 35.8. The van der Waals surface area contributed by atoms with Gasteiger partial charge in [-0.05, 0) is 128 Å². The van der Waals surface area contributed by atoms with Crippen molar-refractivity contribution in [1.82, 2.24) is 14.4 Å². The zero-order valence-electron chi connectivity index (χ0n) is 26.4. The quantitative estimate of drug-likeness (QED) is 0.126. The summed E-state index contributed by atoms with van der Waals surface area (Å²) in [5.41, 5.74) is 10.5. The Bertz CT molecular complexity index is 2690. The van der Waals surface area contributed by atoms with E-state index in [2.05, 4.69) is 35.0 Å². The second kappa shape index (κ2) is 7.51. The van der Waals surface area contributed by atoms with Crippen LogP contribution in [0.5, 0.6) is 0 Å². The predicted octanol–water partition coefficient (Wildman–Crippen LogP) is 9.67. The first kappa shape index (κ1) is 24.2. The van der Waals surface area contributed by atoms with Crippen molar-refractivity contribution < 1.29 is 4.42 Å². The maximum Gasteiger partial charge on any atom is 0.344 e. The molecule has 5 heteroatoms. The zero-order chi connectivity index (χ0) is 30.1. The summed E-state index contributed by atoms with van der Waals surface area (Å²) in [5, 5.41) is 8.08. The average Bonchev–Trinajstić information content (AvgIpc) is 3.72. The molecule has 5 saturated carbocycles. The van der Waals surface area contributed by atoms with Crippen LogP contribution < -0.4 is 5.63 Å². The number of hydrogen-bond donors (Lipinski definition) is 0. The first-order valence-electron chi connectivity index (χ1n) is 18.5. The van der Waals surface area contributed by atoms with Crippen molar-refractivity contribution in [1.29, 1.82) is 0 Å². The molecule has 1 spiro atoms. The minimum atomic E-state index is -0.217. The maximum absolute atomic E-state index is 14.1. The predicted molar refractivity (Wildman–Crippen MR) is 184 cm³/mol. The lowest BCUT2D eigenvalue weighted by Gasteiger charge is -2.48. The molecule has 15 rings (SSSR count). The van der Waals surface area contributed by atoms with Gasteiger partial charge in [0.05, 0.1) is 34.3 Å². The Morgan fingerprint density at radius 2 is 1.36 bits per heavy atom. The van der Waals surface area contributed by atoms with E-state index < -0.39 is 0 Å². The number of pyridine rings is 2. The van der Waals surface area contributed by atoms with Crippen LogP contribution in [0.3, 0.4) is 0 Å². The van der Waals surface area contributed by atoms with Crippen LogP contribution in [0.4, 0.5) is 0 Å². The van der Waals surface area contributed by atoms with Gasteiger partial charge in [0.1, 0.15) is 5.58 Å². The van der Waals surface area contributed by atoms with Crippen LogP contribution in [0.15, 0.2) is 51.9 Å². The Balaban J connectivity index is 1.23. The van der Waals surface area contributed by atoms with Gasteiger partial charge in [-0.3, -0.25) is 9.97 Å². The summed E-state index contributed by atoms with van der Waals surface area (Å²) in [6, 6.07) is 10.4. The number of rotatable bonds is 0. The summed E-state index contributed by atoms with van der Waals surface area (Å²) < 4.78 is 8.64. The van der Waals surface area contributed by atoms with Gasteiger partial charge in [0.25, 0.3) is 0 Å². The molecule has 5 nitrogen and oxygen atoms in total. The van der Waals surface area contributed by atoms with Gasteiger partial charge in [0.2, 0.25) is 0 Å². The Labute approximate surface area is 270 Å². The van der Waals surface area contributed by atoms with E-state index in [1.165, 1.54) is 125 Å². The van der Waals surface area contributed by atoms with Crippen LogP contribution in [-0.2, 0) is 0 Å². The summed E-state index contributed by atoms with van der Waals surface area (Å²) in [6.45, 7) is 0. The summed E-state index contributed by atoms with van der Waals surface area (Å²) >= 11 is 0. The van der Waals surface area contributed by atoms with Crippen LogP contribution >= 0.6 is 0 Å². The van der Waals surface area contributed by atoms with Crippen molar-refractivity contribution in [2.24, 2.45) is 29.1 Å². The molecule has 7 aromatic rings. The van der Waals surface area contributed by atoms with Gasteiger partial charge in [-0.2, -0.15) is 0 Å². The Morgan fingerprint density at radius 3 is 2.21 bits per heavy atom. The molecule has 0 saturated heterocycles. The lowest BCUT2D eigenvalue weighted by atomic mass is 9.56. The van der Waals surface area contributed by atoms with Gasteiger partial charge in [-0.25, -0.2) is 4.79 Å². The van der Waals surface area contributed by atoms with Gasteiger partial charge < -0.3 is 8.82 Å². The van der Waals surface area contributed by atoms with Crippen molar-refractivity contribution in [2.45, 2.75) is 87.9 Å². The van der Waals surface area contributed by atoms with Crippen LogP contribution in [0.25, 0.3) is 59.8 Å². The van der Waals surface area contributed by atoms with E-state index >= 15 is 0 Å². The topological polar surface area (TPSA) is 60.4 Å². The number of hydrogen-bond acceptors (Lipinski definition) is 4. The Hall–Kier alpha value is -3.99. The molecule has 8 aliphatic carbocycles. The SMILES string of the molecule is O=c1oc2ccccc2c2c1cc1c3c4c(ncc3n3c5cnc6c(c5c2c13)C1CC2CC(CC6C2)C1)C1CC2CC3CC4CC23C1. The van der Waals surface area contributed by atoms with Gasteiger partial charge in [0.15, 0.2) is 0 Å². The van der Waals surface area contributed by atoms with E-state index in [1.807, 2.05) is 12.1 Å². The second-order valence-corrected chi connectivity index (χ2v) is 17.4. The van der Waals surface area contributed by atoms with E-state index in [4.69, 9.17) is 14.4 Å². The molecule has 47 heavy (non-hydrogen) atoms. The molecule has 0 amide bonds. The molecule has 0 aliphatic heterocycles. The Morgan fingerprint density at radius 1 is 0.660 bits per heavy atom. The van der Waals surface area contributed by atoms with E-state index in [9.17, 15) is 4.79 Å². The van der Waals surface area contributed by atoms with E-state index in [0.29, 0.717) is 34.7 Å². The van der Waals surface area contributed by atoms with Crippen LogP contribution in [0.1, 0.15) is 110 Å². The molecule has 7 bridgehead atoms. The molecule has 230 valence electrons. The smallest absolute Gasteiger partial charge is 0.344 e. The number of para-hydroxylation sites is 1. The molecule has 0 N–H and O–H groups in total. The van der Waals surface area contributed by atoms with Crippen LogP contribution in [0, 0.1) is 29.1 Å². The summed E-state index contributed by atoms with van der Waals surface area (Å²) in [6.07, 6.45) is 17.7. The minimum Gasteiger partial charge on any atom is -0.422 e. The molecule has 7 unspecified atom stereocenters. The highest BCUT2D eigenvalue weighted by molar-refractivity contribution is 6.35. The van der Waals surface area contributed by atoms with Crippen molar-refractivity contribution in [3.8, 4) is 0 Å². The monoisotopic (exact) mass is 613 g/mol. The second-order valence-electron chi connectivity index (χ2n) is 17.4. The molecule has 2 aromatic carbocycles. The highest BCUT2D eigenvalue weighted by Gasteiger charge is 2.66. The van der Waals surface area contributed by atoms with Gasteiger partial charge in [0, 0.05) is 55.5 Å². The largest absolute Gasteiger partial charge is 0.422 e. The van der Waals surface area contributed by atoms with Crippen molar-refractivity contribution in [3.63, 3.8) is 0 Å². The van der Waals surface area contributed by atoms with E-state index in [1.54, 1.807) is 0 Å². The fourth-order valence-corrected chi connectivity index (χ4v) is 14.4. The van der Waals surface area contributed by atoms with Gasteiger partial charge >= 0.3 is 5.63 Å². The number of aromatic nitrogens is 3. The lowest BCUT2D eigenvalue weighted by Crippen LogP contribution is -2.41. The number of fused-ring (bicyclic) bond motifs is 16. The van der Waals surface area contributed by atoms with Gasteiger partial charge in [-0.1, -0.05) is 18.2 Å². The third-order valence-corrected chi connectivity index (χ3v) is 15.7. The highest BCUT2D eigenvalue weighted by atomic mass is 16.4.